The SMILES string of the molecule is COc1cccc(-c2noc(C(C)NC(=O)N3CCC(C)(C(=O)O)C3)n2)c1. The molecule has 3 rings (SSSR count). The van der Waals surface area contributed by atoms with E-state index >= 15 is 0 Å². The average molecular weight is 374 g/mol. The van der Waals surface area contributed by atoms with Gasteiger partial charge in [0.1, 0.15) is 11.8 Å². The number of carboxylic acid groups (broad SMARTS) is 1. The third-order valence-corrected chi connectivity index (χ3v) is 4.76. The van der Waals surface area contributed by atoms with Crippen LogP contribution in [0.25, 0.3) is 11.4 Å². The number of amides is 2. The van der Waals surface area contributed by atoms with Gasteiger partial charge in [0.15, 0.2) is 0 Å². The van der Waals surface area contributed by atoms with E-state index in [2.05, 4.69) is 15.5 Å². The van der Waals surface area contributed by atoms with Gasteiger partial charge < -0.3 is 24.6 Å². The molecule has 0 radical (unpaired) electrons. The molecule has 1 aliphatic rings. The van der Waals surface area contributed by atoms with Gasteiger partial charge in [0.2, 0.25) is 11.7 Å². The zero-order valence-electron chi connectivity index (χ0n) is 15.4. The Labute approximate surface area is 156 Å². The van der Waals surface area contributed by atoms with Crippen LogP contribution in [0.3, 0.4) is 0 Å². The summed E-state index contributed by atoms with van der Waals surface area (Å²) in [4.78, 5) is 29.6. The number of carboxylic acids is 1. The van der Waals surface area contributed by atoms with Crippen molar-refractivity contribution in [3.63, 3.8) is 0 Å². The number of likely N-dealkylation sites (tertiary alicyclic amines) is 1. The van der Waals surface area contributed by atoms with E-state index in [0.29, 0.717) is 24.5 Å². The standard InChI is InChI=1S/C18H22N4O5/c1-11(19-17(25)22-8-7-18(2,10-22)16(23)24)15-20-14(21-27-15)12-5-4-6-13(9-12)26-3/h4-6,9,11H,7-8,10H2,1-3H3,(H,19,25)(H,23,24). The van der Waals surface area contributed by atoms with Crippen LogP contribution < -0.4 is 10.1 Å². The maximum atomic E-state index is 12.4. The van der Waals surface area contributed by atoms with Crippen LogP contribution in [0.4, 0.5) is 4.79 Å². The Balaban J connectivity index is 1.65. The van der Waals surface area contributed by atoms with Crippen molar-refractivity contribution in [3.05, 3.63) is 30.2 Å². The second-order valence-electron chi connectivity index (χ2n) is 6.90. The summed E-state index contributed by atoms with van der Waals surface area (Å²) in [7, 11) is 1.58. The lowest BCUT2D eigenvalue weighted by Gasteiger charge is -2.21. The molecular weight excluding hydrogens is 352 g/mol. The fourth-order valence-corrected chi connectivity index (χ4v) is 2.94. The number of hydrogen-bond donors (Lipinski definition) is 2. The van der Waals surface area contributed by atoms with Crippen molar-refractivity contribution in [1.82, 2.24) is 20.4 Å². The van der Waals surface area contributed by atoms with Crippen LogP contribution >= 0.6 is 0 Å². The summed E-state index contributed by atoms with van der Waals surface area (Å²) >= 11 is 0. The first kappa shape index (κ1) is 18.7. The monoisotopic (exact) mass is 374 g/mol. The van der Waals surface area contributed by atoms with Crippen molar-refractivity contribution in [1.29, 1.82) is 0 Å². The third kappa shape index (κ3) is 3.86. The fourth-order valence-electron chi connectivity index (χ4n) is 2.94. The number of hydrogen-bond acceptors (Lipinski definition) is 6. The van der Waals surface area contributed by atoms with Crippen LogP contribution in [0, 0.1) is 5.41 Å². The number of benzene rings is 1. The van der Waals surface area contributed by atoms with E-state index in [4.69, 9.17) is 9.26 Å². The number of nitrogens with zero attached hydrogens (tertiary/aromatic N) is 3. The highest BCUT2D eigenvalue weighted by Gasteiger charge is 2.42. The molecule has 2 atom stereocenters. The van der Waals surface area contributed by atoms with Crippen molar-refractivity contribution in [2.24, 2.45) is 5.41 Å². The third-order valence-electron chi connectivity index (χ3n) is 4.76. The predicted molar refractivity (Wildman–Crippen MR) is 95.2 cm³/mol. The van der Waals surface area contributed by atoms with Crippen LogP contribution in [0.15, 0.2) is 28.8 Å². The molecule has 2 N–H and O–H groups in total. The number of nitrogens with one attached hydrogen (secondary N) is 1. The van der Waals surface area contributed by atoms with E-state index in [-0.39, 0.29) is 18.5 Å². The van der Waals surface area contributed by atoms with Crippen LogP contribution in [0.2, 0.25) is 0 Å². The van der Waals surface area contributed by atoms with Gasteiger partial charge in [-0.25, -0.2) is 4.79 Å². The summed E-state index contributed by atoms with van der Waals surface area (Å²) in [6.07, 6.45) is 0.421. The van der Waals surface area contributed by atoms with Crippen LogP contribution in [0.1, 0.15) is 32.2 Å². The number of rotatable bonds is 5. The molecule has 9 heteroatoms. The topological polar surface area (TPSA) is 118 Å². The summed E-state index contributed by atoms with van der Waals surface area (Å²) < 4.78 is 10.5. The Bertz CT molecular complexity index is 852. The van der Waals surface area contributed by atoms with Gasteiger partial charge in [0.25, 0.3) is 0 Å². The minimum atomic E-state index is -0.912. The lowest BCUT2D eigenvalue weighted by atomic mass is 9.90. The molecule has 2 amide bonds. The van der Waals surface area contributed by atoms with Crippen molar-refractivity contribution in [2.75, 3.05) is 20.2 Å². The van der Waals surface area contributed by atoms with Gasteiger partial charge in [-0.15, -0.1) is 0 Å². The van der Waals surface area contributed by atoms with E-state index < -0.39 is 17.4 Å². The molecule has 0 spiro atoms. The largest absolute Gasteiger partial charge is 0.497 e. The fraction of sp³-hybridized carbons (Fsp3) is 0.444. The number of ether oxygens (including phenoxy) is 1. The Kier molecular flexibility index (Phi) is 5.02. The maximum Gasteiger partial charge on any atom is 0.318 e. The minimum Gasteiger partial charge on any atom is -0.497 e. The molecule has 144 valence electrons. The molecular formula is C18H22N4O5. The van der Waals surface area contributed by atoms with E-state index in [9.17, 15) is 14.7 Å². The van der Waals surface area contributed by atoms with Crippen LogP contribution in [-0.2, 0) is 4.79 Å². The molecule has 1 saturated heterocycles. The highest BCUT2D eigenvalue weighted by Crippen LogP contribution is 2.30. The van der Waals surface area contributed by atoms with Gasteiger partial charge >= 0.3 is 12.0 Å². The predicted octanol–water partition coefficient (Wildman–Crippen LogP) is 2.31. The molecule has 27 heavy (non-hydrogen) atoms. The molecule has 2 unspecified atom stereocenters. The molecule has 2 heterocycles. The van der Waals surface area contributed by atoms with Crippen molar-refractivity contribution in [3.8, 4) is 17.1 Å². The van der Waals surface area contributed by atoms with E-state index in [1.807, 2.05) is 18.2 Å². The van der Waals surface area contributed by atoms with Gasteiger partial charge in [0, 0.05) is 18.7 Å². The first-order valence-corrected chi connectivity index (χ1v) is 8.59. The number of urea groups is 1. The lowest BCUT2D eigenvalue weighted by Crippen LogP contribution is -2.41. The quantitative estimate of drug-likeness (QED) is 0.824. The van der Waals surface area contributed by atoms with Crippen LogP contribution in [-0.4, -0.2) is 52.3 Å². The summed E-state index contributed by atoms with van der Waals surface area (Å²) in [6.45, 7) is 3.93. The summed E-state index contributed by atoms with van der Waals surface area (Å²) in [5, 5.41) is 16.0. The maximum absolute atomic E-state index is 12.4. The molecule has 1 fully saturated rings. The summed E-state index contributed by atoms with van der Waals surface area (Å²) in [5.41, 5.74) is -0.176. The van der Waals surface area contributed by atoms with Gasteiger partial charge in [-0.3, -0.25) is 4.79 Å². The second-order valence-corrected chi connectivity index (χ2v) is 6.90. The van der Waals surface area contributed by atoms with Gasteiger partial charge in [-0.2, -0.15) is 4.98 Å². The molecule has 1 aromatic heterocycles. The Morgan fingerprint density at radius 3 is 2.89 bits per heavy atom. The number of aliphatic carboxylic acids is 1. The first-order valence-electron chi connectivity index (χ1n) is 8.59. The van der Waals surface area contributed by atoms with Gasteiger partial charge in [-0.05, 0) is 32.4 Å². The summed E-state index contributed by atoms with van der Waals surface area (Å²) in [5.74, 6) is 0.437. The average Bonchev–Trinajstić information content (AvgIpc) is 3.30. The van der Waals surface area contributed by atoms with Crippen molar-refractivity contribution in [2.45, 2.75) is 26.3 Å². The van der Waals surface area contributed by atoms with Crippen molar-refractivity contribution >= 4 is 12.0 Å². The summed E-state index contributed by atoms with van der Waals surface area (Å²) in [6, 6.07) is 6.39. The smallest absolute Gasteiger partial charge is 0.318 e. The van der Waals surface area contributed by atoms with Crippen LogP contribution in [0.5, 0.6) is 5.75 Å². The molecule has 2 aromatic rings. The Morgan fingerprint density at radius 2 is 2.22 bits per heavy atom. The zero-order chi connectivity index (χ0) is 19.6. The Morgan fingerprint density at radius 1 is 1.44 bits per heavy atom. The second kappa shape index (κ2) is 7.26. The van der Waals surface area contributed by atoms with E-state index in [0.717, 1.165) is 5.56 Å². The molecule has 0 saturated carbocycles. The Hall–Kier alpha value is -3.10. The molecule has 9 nitrogen and oxygen atoms in total. The van der Waals surface area contributed by atoms with Gasteiger partial charge in [0.05, 0.1) is 12.5 Å². The first-order chi connectivity index (χ1) is 12.8. The van der Waals surface area contributed by atoms with Gasteiger partial charge in [-0.1, -0.05) is 17.3 Å². The van der Waals surface area contributed by atoms with E-state index in [1.165, 1.54) is 4.90 Å². The zero-order valence-corrected chi connectivity index (χ0v) is 15.4. The molecule has 0 aliphatic carbocycles. The van der Waals surface area contributed by atoms with E-state index in [1.54, 1.807) is 27.0 Å². The number of methoxy groups -OCH3 is 1. The number of carbonyl (C=O) groups is 2. The molecule has 1 aliphatic heterocycles. The molecule has 1 aromatic carbocycles. The number of carbonyl (C=O) groups excluding carboxylic acids is 1. The minimum absolute atomic E-state index is 0.166. The highest BCUT2D eigenvalue weighted by atomic mass is 16.5. The molecule has 0 bridgehead atoms. The highest BCUT2D eigenvalue weighted by molar-refractivity contribution is 5.79. The normalized spacial score (nSPS) is 20.3. The van der Waals surface area contributed by atoms with Crippen molar-refractivity contribution < 1.29 is 24.0 Å². The lowest BCUT2D eigenvalue weighted by molar-refractivity contribution is -0.147. The number of aromatic nitrogens is 2.